The number of amides is 1. The van der Waals surface area contributed by atoms with E-state index in [4.69, 9.17) is 0 Å². The lowest BCUT2D eigenvalue weighted by Gasteiger charge is -2.16. The molecule has 146 valence electrons. The fraction of sp³-hybridized carbons (Fsp3) is 0.316. The van der Waals surface area contributed by atoms with Crippen molar-refractivity contribution in [2.75, 3.05) is 7.05 Å². The SMILES string of the molecule is CN(Cc1nc2ccsc2c(=O)[nH]1)C(=O)C1CC1c1ccc(C(F)(F)F)cc1. The van der Waals surface area contributed by atoms with Crippen LogP contribution in [0.5, 0.6) is 0 Å². The number of aromatic nitrogens is 2. The molecule has 28 heavy (non-hydrogen) atoms. The molecule has 0 spiro atoms. The number of carbonyl (C=O) groups excluding carboxylic acids is 1. The zero-order valence-electron chi connectivity index (χ0n) is 14.8. The normalized spacial score (nSPS) is 19.0. The van der Waals surface area contributed by atoms with Gasteiger partial charge in [-0.15, -0.1) is 11.3 Å². The second-order valence-corrected chi connectivity index (χ2v) is 7.83. The fourth-order valence-corrected chi connectivity index (χ4v) is 4.06. The molecule has 3 aromatic rings. The smallest absolute Gasteiger partial charge is 0.338 e. The lowest BCUT2D eigenvalue weighted by atomic mass is 10.1. The van der Waals surface area contributed by atoms with Gasteiger partial charge in [-0.3, -0.25) is 9.59 Å². The Kier molecular flexibility index (Phi) is 4.49. The van der Waals surface area contributed by atoms with Crippen molar-refractivity contribution in [1.82, 2.24) is 14.9 Å². The van der Waals surface area contributed by atoms with Gasteiger partial charge in [0.1, 0.15) is 10.5 Å². The minimum Gasteiger partial charge on any atom is -0.338 e. The van der Waals surface area contributed by atoms with Gasteiger partial charge in [0.2, 0.25) is 5.91 Å². The number of carbonyl (C=O) groups is 1. The number of benzene rings is 1. The Morgan fingerprint density at radius 1 is 1.29 bits per heavy atom. The second-order valence-electron chi connectivity index (χ2n) is 6.91. The summed E-state index contributed by atoms with van der Waals surface area (Å²) in [6.07, 6.45) is -3.77. The van der Waals surface area contributed by atoms with Crippen molar-refractivity contribution in [3.8, 4) is 0 Å². The highest BCUT2D eigenvalue weighted by Gasteiger charge is 2.45. The topological polar surface area (TPSA) is 66.1 Å². The lowest BCUT2D eigenvalue weighted by Crippen LogP contribution is -2.29. The summed E-state index contributed by atoms with van der Waals surface area (Å²) in [5.74, 6) is -0.0571. The number of alkyl halides is 3. The third kappa shape index (κ3) is 3.54. The molecule has 4 rings (SSSR count). The van der Waals surface area contributed by atoms with Gasteiger partial charge in [-0.1, -0.05) is 12.1 Å². The van der Waals surface area contributed by atoms with Crippen molar-refractivity contribution in [3.05, 3.63) is 63.0 Å². The van der Waals surface area contributed by atoms with Crippen molar-refractivity contribution in [2.45, 2.75) is 25.1 Å². The Labute approximate surface area is 161 Å². The Hall–Kier alpha value is -2.68. The van der Waals surface area contributed by atoms with Crippen molar-refractivity contribution in [1.29, 1.82) is 0 Å². The number of hydrogen-bond donors (Lipinski definition) is 1. The van der Waals surface area contributed by atoms with Crippen LogP contribution in [-0.4, -0.2) is 27.8 Å². The predicted molar refractivity (Wildman–Crippen MR) is 99.0 cm³/mol. The van der Waals surface area contributed by atoms with Gasteiger partial charge in [0.05, 0.1) is 17.6 Å². The zero-order chi connectivity index (χ0) is 20.1. The molecule has 1 aliphatic carbocycles. The third-order valence-electron chi connectivity index (χ3n) is 4.90. The Bertz CT molecular complexity index is 1090. The van der Waals surface area contributed by atoms with Crippen LogP contribution in [0.25, 0.3) is 10.2 Å². The van der Waals surface area contributed by atoms with Gasteiger partial charge < -0.3 is 9.88 Å². The van der Waals surface area contributed by atoms with Crippen LogP contribution in [0, 0.1) is 5.92 Å². The molecule has 1 saturated carbocycles. The Morgan fingerprint density at radius 2 is 2.00 bits per heavy atom. The van der Waals surface area contributed by atoms with Crippen LogP contribution in [0.1, 0.15) is 29.3 Å². The molecule has 2 atom stereocenters. The maximum atomic E-state index is 12.7. The van der Waals surface area contributed by atoms with Crippen LogP contribution in [-0.2, 0) is 17.5 Å². The first-order valence-electron chi connectivity index (χ1n) is 8.62. The average molecular weight is 407 g/mol. The van der Waals surface area contributed by atoms with E-state index in [0.29, 0.717) is 22.5 Å². The summed E-state index contributed by atoms with van der Waals surface area (Å²) in [6.45, 7) is 0.163. The molecule has 1 fully saturated rings. The van der Waals surface area contributed by atoms with Crippen LogP contribution in [0.2, 0.25) is 0 Å². The van der Waals surface area contributed by atoms with Gasteiger partial charge >= 0.3 is 6.18 Å². The Balaban J connectivity index is 1.42. The number of nitrogens with zero attached hydrogens (tertiary/aromatic N) is 2. The molecule has 1 aromatic carbocycles. The van der Waals surface area contributed by atoms with E-state index in [0.717, 1.165) is 17.7 Å². The number of nitrogens with one attached hydrogen (secondary N) is 1. The Morgan fingerprint density at radius 3 is 2.68 bits per heavy atom. The number of aromatic amines is 1. The molecular formula is C19H16F3N3O2S. The van der Waals surface area contributed by atoms with Crippen molar-refractivity contribution < 1.29 is 18.0 Å². The molecule has 5 nitrogen and oxygen atoms in total. The average Bonchev–Trinajstić information content (AvgIpc) is 3.30. The van der Waals surface area contributed by atoms with E-state index in [-0.39, 0.29) is 29.8 Å². The highest BCUT2D eigenvalue weighted by atomic mass is 32.1. The maximum Gasteiger partial charge on any atom is 0.416 e. The highest BCUT2D eigenvalue weighted by Crippen LogP contribution is 2.48. The van der Waals surface area contributed by atoms with Gasteiger partial charge in [-0.2, -0.15) is 13.2 Å². The summed E-state index contributed by atoms with van der Waals surface area (Å²) >= 11 is 1.31. The van der Waals surface area contributed by atoms with Crippen LogP contribution < -0.4 is 5.56 Å². The van der Waals surface area contributed by atoms with Gasteiger partial charge in [0.25, 0.3) is 5.56 Å². The van der Waals surface area contributed by atoms with E-state index in [9.17, 15) is 22.8 Å². The first kappa shape index (κ1) is 18.7. The van der Waals surface area contributed by atoms with E-state index in [1.54, 1.807) is 18.5 Å². The molecule has 0 radical (unpaired) electrons. The number of fused-ring (bicyclic) bond motifs is 1. The number of rotatable bonds is 4. The van der Waals surface area contributed by atoms with E-state index < -0.39 is 11.7 Å². The summed E-state index contributed by atoms with van der Waals surface area (Å²) in [7, 11) is 1.63. The first-order chi connectivity index (χ1) is 13.2. The minimum absolute atomic E-state index is 0.0800. The molecule has 1 N–H and O–H groups in total. The molecule has 0 bridgehead atoms. The number of H-pyrrole nitrogens is 1. The third-order valence-corrected chi connectivity index (χ3v) is 5.80. The van der Waals surface area contributed by atoms with E-state index in [1.165, 1.54) is 28.4 Å². The fourth-order valence-electron chi connectivity index (χ4n) is 3.34. The van der Waals surface area contributed by atoms with E-state index >= 15 is 0 Å². The molecule has 0 aliphatic heterocycles. The van der Waals surface area contributed by atoms with Crippen LogP contribution in [0.15, 0.2) is 40.5 Å². The molecule has 0 saturated heterocycles. The van der Waals surface area contributed by atoms with E-state index in [1.807, 2.05) is 0 Å². The van der Waals surface area contributed by atoms with Crippen molar-refractivity contribution in [3.63, 3.8) is 0 Å². The molecule has 9 heteroatoms. The molecule has 2 heterocycles. The van der Waals surface area contributed by atoms with Crippen LogP contribution in [0.3, 0.4) is 0 Å². The largest absolute Gasteiger partial charge is 0.416 e. The standard InChI is InChI=1S/C19H16F3N3O2S/c1-25(9-15-23-14-6-7-28-16(14)17(26)24-15)18(27)13-8-12(13)10-2-4-11(5-3-10)19(20,21)22/h2-7,12-13H,8-9H2,1H3,(H,23,24,26). The molecule has 2 aromatic heterocycles. The molecule has 1 aliphatic rings. The minimum atomic E-state index is -4.37. The molecule has 1 amide bonds. The monoisotopic (exact) mass is 407 g/mol. The lowest BCUT2D eigenvalue weighted by molar-refractivity contribution is -0.137. The van der Waals surface area contributed by atoms with Gasteiger partial charge in [0.15, 0.2) is 0 Å². The van der Waals surface area contributed by atoms with Crippen molar-refractivity contribution >= 4 is 27.5 Å². The summed E-state index contributed by atoms with van der Waals surface area (Å²) in [5.41, 5.74) is 0.394. The predicted octanol–water partition coefficient (Wildman–Crippen LogP) is 3.77. The van der Waals surface area contributed by atoms with Crippen molar-refractivity contribution in [2.24, 2.45) is 5.92 Å². The summed E-state index contributed by atoms with van der Waals surface area (Å²) in [6, 6.07) is 6.71. The van der Waals surface area contributed by atoms with Gasteiger partial charge in [-0.05, 0) is 41.5 Å². The zero-order valence-corrected chi connectivity index (χ0v) is 15.6. The first-order valence-corrected chi connectivity index (χ1v) is 9.50. The summed E-state index contributed by atoms with van der Waals surface area (Å²) in [4.78, 5) is 33.2. The van der Waals surface area contributed by atoms with Gasteiger partial charge in [-0.25, -0.2) is 4.98 Å². The maximum absolute atomic E-state index is 12.7. The second kappa shape index (κ2) is 6.73. The van der Waals surface area contributed by atoms with Crippen LogP contribution >= 0.6 is 11.3 Å². The highest BCUT2D eigenvalue weighted by molar-refractivity contribution is 7.17. The number of hydrogen-bond acceptors (Lipinski definition) is 4. The van der Waals surface area contributed by atoms with Gasteiger partial charge in [0, 0.05) is 13.0 Å². The number of thiophene rings is 1. The van der Waals surface area contributed by atoms with Crippen LogP contribution in [0.4, 0.5) is 13.2 Å². The number of halogens is 3. The summed E-state index contributed by atoms with van der Waals surface area (Å²) in [5, 5.41) is 1.78. The van der Waals surface area contributed by atoms with E-state index in [2.05, 4.69) is 9.97 Å². The molecule has 2 unspecified atom stereocenters. The molecular weight excluding hydrogens is 391 g/mol. The quantitative estimate of drug-likeness (QED) is 0.716. The summed E-state index contributed by atoms with van der Waals surface area (Å²) < 4.78 is 38.5.